The van der Waals surface area contributed by atoms with E-state index in [1.165, 1.54) is 31.9 Å². The Morgan fingerprint density at radius 1 is 1.08 bits per heavy atom. The maximum atomic E-state index is 11.7. The molecule has 0 unspecified atom stereocenters. The lowest BCUT2D eigenvalue weighted by atomic mass is 10.0. The minimum atomic E-state index is -0.203. The van der Waals surface area contributed by atoms with Crippen molar-refractivity contribution in [3.05, 3.63) is 24.2 Å². The third kappa shape index (κ3) is 11.9. The average Bonchev–Trinajstić information content (AvgIpc) is 3.10. The van der Waals surface area contributed by atoms with Gasteiger partial charge >= 0.3 is 0 Å². The molecule has 0 saturated carbocycles. The first-order chi connectivity index (χ1) is 11.6. The third-order valence-corrected chi connectivity index (χ3v) is 3.67. The highest BCUT2D eigenvalue weighted by molar-refractivity contribution is 14.0. The van der Waals surface area contributed by atoms with Gasteiger partial charge in [-0.2, -0.15) is 0 Å². The van der Waals surface area contributed by atoms with E-state index in [9.17, 15) is 4.79 Å². The summed E-state index contributed by atoms with van der Waals surface area (Å²) in [6.07, 6.45) is 7.82. The Kier molecular flexibility index (Phi) is 14.3. The van der Waals surface area contributed by atoms with Crippen molar-refractivity contribution in [2.45, 2.75) is 46.0 Å². The lowest BCUT2D eigenvalue weighted by molar-refractivity contribution is 0.0926. The molecule has 0 aromatic carbocycles. The molecule has 0 fully saturated rings. The number of guanidine groups is 1. The Morgan fingerprint density at radius 3 is 2.40 bits per heavy atom. The molecule has 6 nitrogen and oxygen atoms in total. The minimum Gasteiger partial charge on any atom is -0.459 e. The van der Waals surface area contributed by atoms with E-state index in [-0.39, 0.29) is 29.9 Å². The Balaban J connectivity index is 0.00000576. The number of carbonyl (C=O) groups excluding carboxylic acids is 1. The SMILES string of the molecule is CN=C(NCCCCCCC(C)C)NCCNC(=O)c1ccco1.I. The Hall–Kier alpha value is -1.25. The van der Waals surface area contributed by atoms with E-state index in [1.54, 1.807) is 19.2 Å². The standard InChI is InChI=1S/C18H32N4O2.HI/c1-15(2)9-6-4-5-7-11-21-18(19-3)22-13-12-20-17(23)16-10-8-14-24-16;/h8,10,14-15H,4-7,9,11-13H2,1-3H3,(H,20,23)(H2,19,21,22);1H. The fourth-order valence-electron chi connectivity index (χ4n) is 2.31. The summed E-state index contributed by atoms with van der Waals surface area (Å²) in [5, 5.41) is 9.26. The lowest BCUT2D eigenvalue weighted by Crippen LogP contribution is -2.41. The number of hydrogen-bond acceptors (Lipinski definition) is 3. The molecule has 0 bridgehead atoms. The van der Waals surface area contributed by atoms with Crippen molar-refractivity contribution in [1.82, 2.24) is 16.0 Å². The molecule has 1 amide bonds. The van der Waals surface area contributed by atoms with Gasteiger partial charge in [-0.1, -0.05) is 39.5 Å². The van der Waals surface area contributed by atoms with Crippen LogP contribution in [0.1, 0.15) is 56.5 Å². The normalized spacial score (nSPS) is 11.1. The van der Waals surface area contributed by atoms with E-state index >= 15 is 0 Å². The van der Waals surface area contributed by atoms with Crippen molar-refractivity contribution in [1.29, 1.82) is 0 Å². The molecule has 144 valence electrons. The summed E-state index contributed by atoms with van der Waals surface area (Å²) in [5.41, 5.74) is 0. The summed E-state index contributed by atoms with van der Waals surface area (Å²) in [6.45, 7) is 6.58. The quantitative estimate of drug-likeness (QED) is 0.203. The van der Waals surface area contributed by atoms with Gasteiger partial charge in [-0.25, -0.2) is 0 Å². The summed E-state index contributed by atoms with van der Waals surface area (Å²) < 4.78 is 5.03. The zero-order valence-corrected chi connectivity index (χ0v) is 18.0. The molecular weight excluding hydrogens is 431 g/mol. The molecule has 1 aromatic rings. The van der Waals surface area contributed by atoms with Crippen LogP contribution in [0.3, 0.4) is 0 Å². The minimum absolute atomic E-state index is 0. The zero-order valence-electron chi connectivity index (χ0n) is 15.6. The molecule has 1 aromatic heterocycles. The van der Waals surface area contributed by atoms with Crippen LogP contribution in [0.25, 0.3) is 0 Å². The molecule has 1 heterocycles. The number of furan rings is 1. The molecule has 0 spiro atoms. The van der Waals surface area contributed by atoms with Gasteiger partial charge in [-0.05, 0) is 24.5 Å². The van der Waals surface area contributed by atoms with Gasteiger partial charge in [-0.15, -0.1) is 24.0 Å². The van der Waals surface area contributed by atoms with Crippen molar-refractivity contribution in [3.63, 3.8) is 0 Å². The number of nitrogens with zero attached hydrogens (tertiary/aromatic N) is 1. The summed E-state index contributed by atoms with van der Waals surface area (Å²) in [5.74, 6) is 1.70. The van der Waals surface area contributed by atoms with Gasteiger partial charge in [0.25, 0.3) is 5.91 Å². The number of aliphatic imine (C=N–C) groups is 1. The fraction of sp³-hybridized carbons (Fsp3) is 0.667. The number of nitrogens with one attached hydrogen (secondary N) is 3. The predicted octanol–water partition coefficient (Wildman–Crippen LogP) is 3.40. The van der Waals surface area contributed by atoms with Gasteiger partial charge in [0, 0.05) is 26.7 Å². The second-order valence-corrected chi connectivity index (χ2v) is 6.26. The van der Waals surface area contributed by atoms with Crippen LogP contribution in [0.4, 0.5) is 0 Å². The molecule has 0 atom stereocenters. The maximum Gasteiger partial charge on any atom is 0.287 e. The van der Waals surface area contributed by atoms with Crippen LogP contribution in [0.5, 0.6) is 0 Å². The van der Waals surface area contributed by atoms with Crippen molar-refractivity contribution in [3.8, 4) is 0 Å². The van der Waals surface area contributed by atoms with Gasteiger partial charge in [0.1, 0.15) is 0 Å². The number of unbranched alkanes of at least 4 members (excludes halogenated alkanes) is 3. The molecule has 0 saturated heterocycles. The Bertz CT molecular complexity index is 475. The van der Waals surface area contributed by atoms with Crippen molar-refractivity contribution < 1.29 is 9.21 Å². The highest BCUT2D eigenvalue weighted by atomic mass is 127. The highest BCUT2D eigenvalue weighted by Gasteiger charge is 2.06. The first-order valence-corrected chi connectivity index (χ1v) is 8.89. The number of amides is 1. The first-order valence-electron chi connectivity index (χ1n) is 8.89. The Morgan fingerprint density at radius 2 is 1.76 bits per heavy atom. The summed E-state index contributed by atoms with van der Waals surface area (Å²) in [6, 6.07) is 3.34. The Labute approximate surface area is 168 Å². The van der Waals surface area contributed by atoms with Crippen molar-refractivity contribution in [2.24, 2.45) is 10.9 Å². The van der Waals surface area contributed by atoms with E-state index in [0.717, 1.165) is 24.8 Å². The van der Waals surface area contributed by atoms with E-state index in [2.05, 4.69) is 34.8 Å². The zero-order chi connectivity index (χ0) is 17.6. The molecule has 1 rings (SSSR count). The number of hydrogen-bond donors (Lipinski definition) is 3. The highest BCUT2D eigenvalue weighted by Crippen LogP contribution is 2.08. The van der Waals surface area contributed by atoms with Gasteiger partial charge in [0.15, 0.2) is 11.7 Å². The molecule has 7 heteroatoms. The molecule has 25 heavy (non-hydrogen) atoms. The van der Waals surface area contributed by atoms with Crippen LogP contribution in [-0.4, -0.2) is 38.5 Å². The maximum absolute atomic E-state index is 11.7. The van der Waals surface area contributed by atoms with Crippen LogP contribution in [0, 0.1) is 5.92 Å². The van der Waals surface area contributed by atoms with Gasteiger partial charge in [-0.3, -0.25) is 9.79 Å². The lowest BCUT2D eigenvalue weighted by Gasteiger charge is -2.12. The number of rotatable bonds is 11. The van der Waals surface area contributed by atoms with Gasteiger partial charge < -0.3 is 20.4 Å². The molecule has 0 aliphatic carbocycles. The summed E-state index contributed by atoms with van der Waals surface area (Å²) in [7, 11) is 1.75. The average molecular weight is 464 g/mol. The van der Waals surface area contributed by atoms with E-state index < -0.39 is 0 Å². The smallest absolute Gasteiger partial charge is 0.287 e. The van der Waals surface area contributed by atoms with Crippen LogP contribution in [0.2, 0.25) is 0 Å². The summed E-state index contributed by atoms with van der Waals surface area (Å²) >= 11 is 0. The van der Waals surface area contributed by atoms with Crippen LogP contribution in [0.15, 0.2) is 27.8 Å². The van der Waals surface area contributed by atoms with Gasteiger partial charge in [0.05, 0.1) is 6.26 Å². The third-order valence-electron chi connectivity index (χ3n) is 3.67. The number of carbonyl (C=O) groups is 1. The van der Waals surface area contributed by atoms with E-state index in [4.69, 9.17) is 4.42 Å². The van der Waals surface area contributed by atoms with E-state index in [0.29, 0.717) is 18.8 Å². The molecule has 0 radical (unpaired) electrons. The first kappa shape index (κ1) is 23.8. The second-order valence-electron chi connectivity index (χ2n) is 6.26. The van der Waals surface area contributed by atoms with Crippen LogP contribution < -0.4 is 16.0 Å². The molecule has 3 N–H and O–H groups in total. The fourth-order valence-corrected chi connectivity index (χ4v) is 2.31. The summed E-state index contributed by atoms with van der Waals surface area (Å²) in [4.78, 5) is 15.9. The van der Waals surface area contributed by atoms with Crippen molar-refractivity contribution in [2.75, 3.05) is 26.7 Å². The molecule has 0 aliphatic heterocycles. The van der Waals surface area contributed by atoms with Crippen LogP contribution in [-0.2, 0) is 0 Å². The molecular formula is C18H33IN4O2. The van der Waals surface area contributed by atoms with E-state index in [1.807, 2.05) is 0 Å². The van der Waals surface area contributed by atoms with Crippen LogP contribution >= 0.6 is 24.0 Å². The largest absolute Gasteiger partial charge is 0.459 e. The second kappa shape index (κ2) is 15.0. The monoisotopic (exact) mass is 464 g/mol. The van der Waals surface area contributed by atoms with Gasteiger partial charge in [0.2, 0.25) is 0 Å². The topological polar surface area (TPSA) is 78.7 Å². The predicted molar refractivity (Wildman–Crippen MR) is 114 cm³/mol. The number of halogens is 1. The van der Waals surface area contributed by atoms with Crippen molar-refractivity contribution >= 4 is 35.8 Å². The molecule has 0 aliphatic rings.